The Morgan fingerprint density at radius 2 is 1.95 bits per heavy atom. The molecule has 0 spiro atoms. The Kier molecular flexibility index (Phi) is 6.38. The fraction of sp³-hybridized carbons (Fsp3) is 0.429. The van der Waals surface area contributed by atoms with E-state index in [4.69, 9.17) is 9.47 Å². The summed E-state index contributed by atoms with van der Waals surface area (Å²) in [5, 5.41) is 10.4. The molecule has 0 saturated carbocycles. The minimum atomic E-state index is -0.507. The van der Waals surface area contributed by atoms with Gasteiger partial charge in [-0.05, 0) is 18.1 Å². The average Bonchev–Trinajstić information content (AvgIpc) is 2.42. The van der Waals surface area contributed by atoms with Crippen LogP contribution in [0.3, 0.4) is 0 Å². The predicted octanol–water partition coefficient (Wildman–Crippen LogP) is 3.70. The number of nitrogens with zero attached hydrogens (tertiary/aromatic N) is 1. The highest BCUT2D eigenvalue weighted by Crippen LogP contribution is 2.36. The first kappa shape index (κ1) is 16.4. The van der Waals surface area contributed by atoms with Crippen LogP contribution >= 0.6 is 11.8 Å². The van der Waals surface area contributed by atoms with Crippen LogP contribution in [0.5, 0.6) is 11.5 Å². The van der Waals surface area contributed by atoms with E-state index in [1.54, 1.807) is 32.0 Å². The van der Waals surface area contributed by atoms with Gasteiger partial charge in [0.15, 0.2) is 0 Å². The van der Waals surface area contributed by atoms with E-state index in [9.17, 15) is 10.1 Å². The van der Waals surface area contributed by atoms with Crippen molar-refractivity contribution in [2.45, 2.75) is 18.7 Å². The van der Waals surface area contributed by atoms with Gasteiger partial charge in [0.25, 0.3) is 0 Å². The van der Waals surface area contributed by atoms with E-state index in [2.05, 4.69) is 13.8 Å². The number of ether oxygens (including phenoxy) is 2. The summed E-state index contributed by atoms with van der Waals surface area (Å²) in [6.07, 6.45) is 2.29. The summed E-state index contributed by atoms with van der Waals surface area (Å²) >= 11 is 1.68. The highest BCUT2D eigenvalue weighted by molar-refractivity contribution is 7.99. The summed E-state index contributed by atoms with van der Waals surface area (Å²) in [4.78, 5) is 10.9. The molecule has 110 valence electrons. The number of rotatable bonds is 7. The lowest BCUT2D eigenvalue weighted by Gasteiger charge is -2.13. The molecule has 0 heterocycles. The Hall–Kier alpha value is -1.69. The van der Waals surface area contributed by atoms with Gasteiger partial charge in [-0.3, -0.25) is 10.1 Å². The summed E-state index contributed by atoms with van der Waals surface area (Å²) in [7, 11) is 3.13. The molecule has 20 heavy (non-hydrogen) atoms. The van der Waals surface area contributed by atoms with Gasteiger partial charge in [0.1, 0.15) is 11.5 Å². The number of thioether (sulfide) groups is 1. The van der Waals surface area contributed by atoms with Gasteiger partial charge >= 0.3 is 0 Å². The normalized spacial score (nSPS) is 11.1. The van der Waals surface area contributed by atoms with Crippen molar-refractivity contribution >= 4 is 17.8 Å². The first-order valence-electron chi connectivity index (χ1n) is 6.18. The molecule has 0 bridgehead atoms. The number of benzene rings is 1. The molecule has 0 aliphatic rings. The Morgan fingerprint density at radius 3 is 2.45 bits per heavy atom. The van der Waals surface area contributed by atoms with Crippen molar-refractivity contribution < 1.29 is 14.4 Å². The van der Waals surface area contributed by atoms with Crippen LogP contribution in [0, 0.1) is 16.0 Å². The molecular formula is C14H19NO4S. The lowest BCUT2D eigenvalue weighted by Crippen LogP contribution is -1.96. The monoisotopic (exact) mass is 297 g/mol. The molecule has 0 aromatic heterocycles. The molecule has 0 fully saturated rings. The molecule has 0 N–H and O–H groups in total. The van der Waals surface area contributed by atoms with E-state index in [-0.39, 0.29) is 0 Å². The van der Waals surface area contributed by atoms with Crippen LogP contribution in [0.15, 0.2) is 23.2 Å². The first-order chi connectivity index (χ1) is 9.47. The third-order valence-electron chi connectivity index (χ3n) is 2.46. The second kappa shape index (κ2) is 7.79. The highest BCUT2D eigenvalue weighted by Gasteiger charge is 2.11. The lowest BCUT2D eigenvalue weighted by molar-refractivity contribution is -0.400. The van der Waals surface area contributed by atoms with Gasteiger partial charge in [0, 0.05) is 17.4 Å². The second-order valence-electron chi connectivity index (χ2n) is 4.55. The number of methoxy groups -OCH3 is 2. The van der Waals surface area contributed by atoms with Gasteiger partial charge in [-0.25, -0.2) is 0 Å². The summed E-state index contributed by atoms with van der Waals surface area (Å²) in [6.45, 7) is 4.29. The van der Waals surface area contributed by atoms with Gasteiger partial charge in [0.05, 0.1) is 24.0 Å². The lowest BCUT2D eigenvalue weighted by atomic mass is 10.2. The van der Waals surface area contributed by atoms with Gasteiger partial charge < -0.3 is 9.47 Å². The summed E-state index contributed by atoms with van der Waals surface area (Å²) in [5.74, 6) is 2.81. The fourth-order valence-corrected chi connectivity index (χ4v) is 2.52. The van der Waals surface area contributed by atoms with Crippen LogP contribution in [-0.2, 0) is 0 Å². The zero-order valence-corrected chi connectivity index (χ0v) is 12.9. The Labute approximate surface area is 123 Å². The maximum Gasteiger partial charge on any atom is 0.235 e. The van der Waals surface area contributed by atoms with Crippen LogP contribution in [0.2, 0.25) is 0 Å². The van der Waals surface area contributed by atoms with Crippen molar-refractivity contribution in [3.8, 4) is 11.5 Å². The van der Waals surface area contributed by atoms with Gasteiger partial charge in [-0.1, -0.05) is 13.8 Å². The first-order valence-corrected chi connectivity index (χ1v) is 7.17. The van der Waals surface area contributed by atoms with Crippen molar-refractivity contribution in [1.82, 2.24) is 0 Å². The molecule has 0 amide bonds. The minimum Gasteiger partial charge on any atom is -0.496 e. The number of hydrogen-bond donors (Lipinski definition) is 0. The zero-order chi connectivity index (χ0) is 15.1. The zero-order valence-electron chi connectivity index (χ0n) is 12.1. The largest absolute Gasteiger partial charge is 0.496 e. The average molecular weight is 297 g/mol. The molecule has 0 radical (unpaired) electrons. The molecule has 0 aliphatic heterocycles. The maximum atomic E-state index is 10.4. The van der Waals surface area contributed by atoms with Crippen LogP contribution in [-0.4, -0.2) is 24.9 Å². The van der Waals surface area contributed by atoms with E-state index in [0.717, 1.165) is 16.8 Å². The van der Waals surface area contributed by atoms with Gasteiger partial charge in [0.2, 0.25) is 6.20 Å². The fourth-order valence-electron chi connectivity index (χ4n) is 1.53. The van der Waals surface area contributed by atoms with E-state index in [1.165, 1.54) is 6.08 Å². The van der Waals surface area contributed by atoms with Gasteiger partial charge in [-0.2, -0.15) is 0 Å². The quantitative estimate of drug-likeness (QED) is 0.436. The Morgan fingerprint density at radius 1 is 1.30 bits per heavy atom. The third-order valence-corrected chi connectivity index (χ3v) is 3.93. The third kappa shape index (κ3) is 4.77. The van der Waals surface area contributed by atoms with Crippen LogP contribution in [0.1, 0.15) is 19.4 Å². The summed E-state index contributed by atoms with van der Waals surface area (Å²) in [6, 6.07) is 3.60. The number of hydrogen-bond acceptors (Lipinski definition) is 5. The van der Waals surface area contributed by atoms with E-state index < -0.39 is 4.92 Å². The smallest absolute Gasteiger partial charge is 0.235 e. The SMILES string of the molecule is COc1cc(SCC(C)C)c(OC)cc1C=C[N+](=O)[O-]. The molecule has 1 rings (SSSR count). The maximum absolute atomic E-state index is 10.4. The van der Waals surface area contributed by atoms with Crippen LogP contribution < -0.4 is 9.47 Å². The van der Waals surface area contributed by atoms with Crippen LogP contribution in [0.4, 0.5) is 0 Å². The van der Waals surface area contributed by atoms with Crippen molar-refractivity contribution in [3.63, 3.8) is 0 Å². The van der Waals surface area contributed by atoms with Crippen LogP contribution in [0.25, 0.3) is 6.08 Å². The van der Waals surface area contributed by atoms with E-state index >= 15 is 0 Å². The second-order valence-corrected chi connectivity index (χ2v) is 5.61. The van der Waals surface area contributed by atoms with Gasteiger partial charge in [-0.15, -0.1) is 11.8 Å². The molecule has 1 aromatic carbocycles. The Balaban J connectivity index is 3.12. The molecular weight excluding hydrogens is 278 g/mol. The van der Waals surface area contributed by atoms with Crippen molar-refractivity contribution in [3.05, 3.63) is 34.0 Å². The van der Waals surface area contributed by atoms with Crippen molar-refractivity contribution in [2.24, 2.45) is 5.92 Å². The molecule has 0 unspecified atom stereocenters. The minimum absolute atomic E-state index is 0.507. The van der Waals surface area contributed by atoms with Crippen molar-refractivity contribution in [2.75, 3.05) is 20.0 Å². The molecule has 1 aromatic rings. The van der Waals surface area contributed by atoms with Crippen molar-refractivity contribution in [1.29, 1.82) is 0 Å². The topological polar surface area (TPSA) is 61.6 Å². The Bertz CT molecular complexity index is 500. The number of nitro groups is 1. The molecule has 6 heteroatoms. The molecule has 5 nitrogen and oxygen atoms in total. The van der Waals surface area contributed by atoms with E-state index in [1.807, 2.05) is 6.07 Å². The van der Waals surface area contributed by atoms with E-state index in [0.29, 0.717) is 23.0 Å². The summed E-state index contributed by atoms with van der Waals surface area (Å²) in [5.41, 5.74) is 0.620. The predicted molar refractivity (Wildman–Crippen MR) is 81.1 cm³/mol. The molecule has 0 saturated heterocycles. The highest BCUT2D eigenvalue weighted by atomic mass is 32.2. The molecule has 0 atom stereocenters. The standard InChI is InChI=1S/C14H19NO4S/c1-10(2)9-20-14-8-12(18-3)11(5-6-15(16)17)7-13(14)19-4/h5-8,10H,9H2,1-4H3. The summed E-state index contributed by atoms with van der Waals surface area (Å²) < 4.78 is 10.6. The molecule has 0 aliphatic carbocycles.